The zero-order chi connectivity index (χ0) is 11.2. The average molecular weight is 222 g/mol. The van der Waals surface area contributed by atoms with Crippen LogP contribution < -0.4 is 10.6 Å². The van der Waals surface area contributed by atoms with E-state index in [2.05, 4.69) is 20.8 Å². The quantitative estimate of drug-likeness (QED) is 0.760. The number of aromatic nitrogens is 2. The van der Waals surface area contributed by atoms with Crippen molar-refractivity contribution in [3.63, 3.8) is 0 Å². The molecule has 0 aliphatic carbocycles. The third kappa shape index (κ3) is 2.83. The fourth-order valence-electron chi connectivity index (χ4n) is 1.30. The maximum atomic E-state index is 5.32. The van der Waals surface area contributed by atoms with Crippen LogP contribution in [0.5, 0.6) is 0 Å². The molecule has 16 heavy (non-hydrogen) atoms. The third-order valence-electron chi connectivity index (χ3n) is 2.02. The molecular weight excluding hydrogens is 208 g/mol. The predicted molar refractivity (Wildman–Crippen MR) is 58.0 cm³/mol. The van der Waals surface area contributed by atoms with Gasteiger partial charge in [0.05, 0.1) is 12.8 Å². The third-order valence-corrected chi connectivity index (χ3v) is 2.02. The van der Waals surface area contributed by atoms with Gasteiger partial charge in [0.15, 0.2) is 0 Å². The lowest BCUT2D eigenvalue weighted by Crippen LogP contribution is -2.05. The second kappa shape index (κ2) is 5.32. The summed E-state index contributed by atoms with van der Waals surface area (Å²) >= 11 is 0. The van der Waals surface area contributed by atoms with Crippen molar-refractivity contribution in [3.8, 4) is 0 Å². The molecule has 0 radical (unpaired) electrons. The van der Waals surface area contributed by atoms with E-state index < -0.39 is 0 Å². The first-order valence-electron chi connectivity index (χ1n) is 5.11. The summed E-state index contributed by atoms with van der Waals surface area (Å²) in [5.74, 6) is 1.51. The fourth-order valence-corrected chi connectivity index (χ4v) is 1.30. The second-order valence-corrected chi connectivity index (χ2v) is 3.29. The molecule has 0 aromatic carbocycles. The molecule has 0 aliphatic rings. The molecule has 6 heteroatoms. The highest BCUT2D eigenvalue weighted by molar-refractivity contribution is 5.17. The first-order valence-corrected chi connectivity index (χ1v) is 5.11. The molecule has 2 rings (SSSR count). The van der Waals surface area contributed by atoms with Gasteiger partial charge in [0, 0.05) is 13.0 Å². The molecule has 0 amide bonds. The summed E-state index contributed by atoms with van der Waals surface area (Å²) in [5.41, 5.74) is 0. The molecule has 0 saturated carbocycles. The molecule has 0 atom stereocenters. The molecule has 0 unspecified atom stereocenters. The molecular formula is C10H14N4O2. The van der Waals surface area contributed by atoms with Gasteiger partial charge in [0.1, 0.15) is 5.76 Å². The summed E-state index contributed by atoms with van der Waals surface area (Å²) in [6, 6.07) is 4.24. The zero-order valence-electron chi connectivity index (χ0n) is 9.06. The largest absolute Gasteiger partial charge is 0.469 e. The van der Waals surface area contributed by atoms with Crippen LogP contribution in [-0.4, -0.2) is 23.8 Å². The highest BCUT2D eigenvalue weighted by Gasteiger charge is 2.04. The second-order valence-electron chi connectivity index (χ2n) is 3.29. The molecule has 0 bridgehead atoms. The normalized spacial score (nSPS) is 10.6. The Balaban J connectivity index is 1.76. The summed E-state index contributed by atoms with van der Waals surface area (Å²) in [6.45, 7) is 1.28. The van der Waals surface area contributed by atoms with Gasteiger partial charge in [-0.3, -0.25) is 0 Å². The van der Waals surface area contributed by atoms with Crippen molar-refractivity contribution in [1.82, 2.24) is 15.5 Å². The molecule has 0 fully saturated rings. The van der Waals surface area contributed by atoms with E-state index in [0.29, 0.717) is 25.0 Å². The number of furan rings is 1. The van der Waals surface area contributed by atoms with Crippen molar-refractivity contribution < 1.29 is 8.83 Å². The molecule has 0 spiro atoms. The Kier molecular flexibility index (Phi) is 3.55. The molecule has 0 saturated heterocycles. The molecule has 2 aromatic heterocycles. The first-order chi connectivity index (χ1) is 7.88. The Hall–Kier alpha value is -1.82. The Morgan fingerprint density at radius 1 is 1.38 bits per heavy atom. The van der Waals surface area contributed by atoms with E-state index in [1.54, 1.807) is 6.26 Å². The van der Waals surface area contributed by atoms with Gasteiger partial charge in [-0.05, 0) is 19.2 Å². The Morgan fingerprint density at radius 3 is 3.06 bits per heavy atom. The van der Waals surface area contributed by atoms with Gasteiger partial charge in [-0.1, -0.05) is 5.10 Å². The number of rotatable bonds is 6. The highest BCUT2D eigenvalue weighted by Crippen LogP contribution is 2.06. The molecule has 0 aliphatic heterocycles. The summed E-state index contributed by atoms with van der Waals surface area (Å²) in [7, 11) is 1.83. The van der Waals surface area contributed by atoms with Gasteiger partial charge < -0.3 is 19.5 Å². The van der Waals surface area contributed by atoms with Gasteiger partial charge in [-0.2, -0.15) is 0 Å². The van der Waals surface area contributed by atoms with E-state index in [0.717, 1.165) is 12.2 Å². The average Bonchev–Trinajstić information content (AvgIpc) is 2.90. The van der Waals surface area contributed by atoms with Crippen molar-refractivity contribution in [2.45, 2.75) is 13.0 Å². The van der Waals surface area contributed by atoms with E-state index in [4.69, 9.17) is 8.83 Å². The van der Waals surface area contributed by atoms with Crippen molar-refractivity contribution in [1.29, 1.82) is 0 Å². The van der Waals surface area contributed by atoms with Crippen LogP contribution in [-0.2, 0) is 13.0 Å². The summed E-state index contributed by atoms with van der Waals surface area (Å²) in [5, 5.41) is 13.7. The van der Waals surface area contributed by atoms with Crippen molar-refractivity contribution in [3.05, 3.63) is 30.0 Å². The minimum absolute atomic E-state index is 0.441. The lowest BCUT2D eigenvalue weighted by Gasteiger charge is -1.98. The Bertz CT molecular complexity index is 410. The minimum atomic E-state index is 0.441. The predicted octanol–water partition coefficient (Wildman–Crippen LogP) is 1.04. The Labute approximate surface area is 93.0 Å². The van der Waals surface area contributed by atoms with Crippen LogP contribution in [0.3, 0.4) is 0 Å². The number of nitrogens with one attached hydrogen (secondary N) is 2. The van der Waals surface area contributed by atoms with E-state index in [-0.39, 0.29) is 0 Å². The standard InChI is InChI=1S/C10H14N4O2/c1-11-7-9-13-14-10(16-9)12-5-4-8-3-2-6-15-8/h2-3,6,11H,4-5,7H2,1H3,(H,12,14). The monoisotopic (exact) mass is 222 g/mol. The number of hydrogen-bond donors (Lipinski definition) is 2. The van der Waals surface area contributed by atoms with Gasteiger partial charge in [-0.25, -0.2) is 0 Å². The van der Waals surface area contributed by atoms with Crippen LogP contribution in [0.15, 0.2) is 27.2 Å². The lowest BCUT2D eigenvalue weighted by molar-refractivity contribution is 0.486. The zero-order valence-corrected chi connectivity index (χ0v) is 9.06. The van der Waals surface area contributed by atoms with Crippen molar-refractivity contribution >= 4 is 6.01 Å². The first kappa shape index (κ1) is 10.7. The Morgan fingerprint density at radius 2 is 2.31 bits per heavy atom. The van der Waals surface area contributed by atoms with Crippen LogP contribution in [0.4, 0.5) is 6.01 Å². The van der Waals surface area contributed by atoms with E-state index in [9.17, 15) is 0 Å². The van der Waals surface area contributed by atoms with E-state index in [1.165, 1.54) is 0 Å². The van der Waals surface area contributed by atoms with Gasteiger partial charge in [0.25, 0.3) is 0 Å². The smallest absolute Gasteiger partial charge is 0.315 e. The topological polar surface area (TPSA) is 76.1 Å². The highest BCUT2D eigenvalue weighted by atomic mass is 16.4. The molecule has 2 heterocycles. The minimum Gasteiger partial charge on any atom is -0.469 e. The summed E-state index contributed by atoms with van der Waals surface area (Å²) in [4.78, 5) is 0. The number of hydrogen-bond acceptors (Lipinski definition) is 6. The van der Waals surface area contributed by atoms with Crippen LogP contribution in [0.25, 0.3) is 0 Å². The molecule has 6 nitrogen and oxygen atoms in total. The van der Waals surface area contributed by atoms with E-state index in [1.807, 2.05) is 19.2 Å². The molecule has 2 aromatic rings. The van der Waals surface area contributed by atoms with E-state index >= 15 is 0 Å². The number of nitrogens with zero attached hydrogens (tertiary/aromatic N) is 2. The van der Waals surface area contributed by atoms with Gasteiger partial charge in [-0.15, -0.1) is 5.10 Å². The lowest BCUT2D eigenvalue weighted by atomic mass is 10.3. The maximum Gasteiger partial charge on any atom is 0.315 e. The van der Waals surface area contributed by atoms with Crippen molar-refractivity contribution in [2.24, 2.45) is 0 Å². The van der Waals surface area contributed by atoms with Crippen LogP contribution in [0.2, 0.25) is 0 Å². The van der Waals surface area contributed by atoms with Gasteiger partial charge >= 0.3 is 6.01 Å². The van der Waals surface area contributed by atoms with Gasteiger partial charge in [0.2, 0.25) is 5.89 Å². The SMILES string of the molecule is CNCc1nnc(NCCc2ccco2)o1. The number of anilines is 1. The molecule has 86 valence electrons. The maximum absolute atomic E-state index is 5.32. The van der Waals surface area contributed by atoms with Crippen LogP contribution in [0, 0.1) is 0 Å². The van der Waals surface area contributed by atoms with Crippen LogP contribution >= 0.6 is 0 Å². The fraction of sp³-hybridized carbons (Fsp3) is 0.400. The molecule has 2 N–H and O–H groups in total. The summed E-state index contributed by atoms with van der Waals surface area (Å²) in [6.07, 6.45) is 2.45. The summed E-state index contributed by atoms with van der Waals surface area (Å²) < 4.78 is 10.5. The van der Waals surface area contributed by atoms with Crippen LogP contribution in [0.1, 0.15) is 11.7 Å². The van der Waals surface area contributed by atoms with Crippen molar-refractivity contribution in [2.75, 3.05) is 18.9 Å².